The van der Waals surface area contributed by atoms with Gasteiger partial charge in [0.05, 0.1) is 49.0 Å². The van der Waals surface area contributed by atoms with E-state index >= 15 is 0 Å². The highest BCUT2D eigenvalue weighted by atomic mass is 19.4. The molecule has 0 unspecified atom stereocenters. The first-order valence-corrected chi connectivity index (χ1v) is 14.0. The van der Waals surface area contributed by atoms with E-state index in [-0.39, 0.29) is 44.1 Å². The Bertz CT molecular complexity index is 1490. The van der Waals surface area contributed by atoms with E-state index in [1.807, 2.05) is 5.32 Å². The standard InChI is InChI=1S/C27H30F5N7O4/c1-42-13-19(38-11-20(27(30,31)32)35-25(38)41)16-8-21-34-18(10-39(21)33-9-16)23(15-4-6-26(28,29)7-5-15)36-24(40)17-12-43-37-22(17)14-2-3-14/h8-10,12,14-15,19-20,23H,2-7,11,13H2,1H3,(H,35,41)(H,36,40)/t19-,20+,23+/m1/s1. The number of ether oxygens (including phenoxy) is 1. The molecule has 3 aromatic rings. The van der Waals surface area contributed by atoms with Gasteiger partial charge < -0.3 is 24.8 Å². The van der Waals surface area contributed by atoms with Crippen LogP contribution in [0.4, 0.5) is 26.7 Å². The lowest BCUT2D eigenvalue weighted by molar-refractivity contribution is -0.150. The molecule has 3 atom stereocenters. The van der Waals surface area contributed by atoms with Crippen molar-refractivity contribution < 1.29 is 40.8 Å². The van der Waals surface area contributed by atoms with E-state index in [0.717, 1.165) is 17.7 Å². The van der Waals surface area contributed by atoms with Gasteiger partial charge in [-0.2, -0.15) is 18.3 Å². The molecule has 0 radical (unpaired) electrons. The minimum Gasteiger partial charge on any atom is -0.382 e. The molecule has 0 aromatic carbocycles. The van der Waals surface area contributed by atoms with E-state index in [1.54, 1.807) is 12.3 Å². The number of halogens is 5. The van der Waals surface area contributed by atoms with Gasteiger partial charge in [0.25, 0.3) is 5.91 Å². The van der Waals surface area contributed by atoms with E-state index in [4.69, 9.17) is 9.26 Å². The van der Waals surface area contributed by atoms with E-state index in [1.165, 1.54) is 24.1 Å². The number of carbonyl (C=O) groups excluding carboxylic acids is 2. The van der Waals surface area contributed by atoms with Crippen LogP contribution in [-0.2, 0) is 4.74 Å². The summed E-state index contributed by atoms with van der Waals surface area (Å²) in [6.07, 6.45) is 1.11. The summed E-state index contributed by atoms with van der Waals surface area (Å²) < 4.78 is 79.7. The maximum atomic E-state index is 14.0. The summed E-state index contributed by atoms with van der Waals surface area (Å²) in [5.74, 6) is -3.42. The van der Waals surface area contributed by atoms with Gasteiger partial charge in [0, 0.05) is 31.4 Å². The molecular formula is C27H30F5N7O4. The quantitative estimate of drug-likeness (QED) is 0.341. The van der Waals surface area contributed by atoms with Crippen LogP contribution in [0.5, 0.6) is 0 Å². The van der Waals surface area contributed by atoms with Gasteiger partial charge in [0.1, 0.15) is 17.9 Å². The highest BCUT2D eigenvalue weighted by molar-refractivity contribution is 5.95. The number of hydrogen-bond acceptors (Lipinski definition) is 7. The molecule has 3 aliphatic rings. The molecule has 1 saturated heterocycles. The Morgan fingerprint density at radius 3 is 2.65 bits per heavy atom. The van der Waals surface area contributed by atoms with Crippen molar-refractivity contribution in [1.29, 1.82) is 0 Å². The molecular weight excluding hydrogens is 581 g/mol. The molecule has 3 amide bonds. The van der Waals surface area contributed by atoms with Crippen LogP contribution in [-0.4, -0.2) is 75.0 Å². The fraction of sp³-hybridized carbons (Fsp3) is 0.593. The third-order valence-electron chi connectivity index (χ3n) is 8.42. The summed E-state index contributed by atoms with van der Waals surface area (Å²) in [4.78, 5) is 31.5. The van der Waals surface area contributed by atoms with Crippen LogP contribution in [0.2, 0.25) is 0 Å². The zero-order valence-electron chi connectivity index (χ0n) is 23.1. The van der Waals surface area contributed by atoms with E-state index in [9.17, 15) is 31.5 Å². The van der Waals surface area contributed by atoms with E-state index < -0.39 is 48.7 Å². The fourth-order valence-electron chi connectivity index (χ4n) is 5.89. The number of nitrogens with zero attached hydrogens (tertiary/aromatic N) is 5. The average Bonchev–Trinajstić information content (AvgIpc) is 3.33. The average molecular weight is 612 g/mol. The summed E-state index contributed by atoms with van der Waals surface area (Å²) in [5.41, 5.74) is 1.93. The first-order chi connectivity index (χ1) is 20.4. The first kappa shape index (κ1) is 29.3. The first-order valence-electron chi connectivity index (χ1n) is 14.0. The molecule has 2 aliphatic carbocycles. The van der Waals surface area contributed by atoms with Crippen molar-refractivity contribution in [2.45, 2.75) is 74.7 Å². The SMILES string of the molecule is COC[C@H](c1cnn2cc([C@@H](NC(=O)c3conc3C3CC3)C3CCC(F)(F)CC3)nc2c1)N1C[C@@H](C(F)(F)F)NC1=O. The van der Waals surface area contributed by atoms with Crippen molar-refractivity contribution in [3.8, 4) is 0 Å². The second kappa shape index (κ2) is 11.0. The Hall–Kier alpha value is -3.82. The van der Waals surface area contributed by atoms with Crippen LogP contribution in [0.15, 0.2) is 29.2 Å². The summed E-state index contributed by atoms with van der Waals surface area (Å²) >= 11 is 0. The number of aromatic nitrogens is 4. The van der Waals surface area contributed by atoms with Crippen molar-refractivity contribution in [3.05, 3.63) is 47.2 Å². The fourth-order valence-corrected chi connectivity index (χ4v) is 5.89. The van der Waals surface area contributed by atoms with Crippen molar-refractivity contribution in [1.82, 2.24) is 35.3 Å². The minimum absolute atomic E-state index is 0.0968. The van der Waals surface area contributed by atoms with Crippen LogP contribution in [0.25, 0.3) is 5.65 Å². The number of methoxy groups -OCH3 is 1. The maximum Gasteiger partial charge on any atom is 0.410 e. The smallest absolute Gasteiger partial charge is 0.382 e. The Kier molecular flexibility index (Phi) is 7.50. The zero-order valence-corrected chi connectivity index (χ0v) is 23.1. The Labute approximate surface area is 242 Å². The van der Waals surface area contributed by atoms with E-state index in [2.05, 4.69) is 20.6 Å². The number of fused-ring (bicyclic) bond motifs is 1. The maximum absolute atomic E-state index is 14.0. The summed E-state index contributed by atoms with van der Waals surface area (Å²) in [6.45, 7) is -0.701. The number of alkyl halides is 5. The number of carbonyl (C=O) groups is 2. The second-order valence-electron chi connectivity index (χ2n) is 11.5. The molecule has 4 heterocycles. The van der Waals surface area contributed by atoms with Gasteiger partial charge in [0.2, 0.25) is 5.92 Å². The molecule has 1 aliphatic heterocycles. The van der Waals surface area contributed by atoms with Gasteiger partial charge in [-0.05, 0) is 37.7 Å². The number of urea groups is 1. The monoisotopic (exact) mass is 611 g/mol. The predicted octanol–water partition coefficient (Wildman–Crippen LogP) is 4.53. The van der Waals surface area contributed by atoms with E-state index in [0.29, 0.717) is 28.2 Å². The molecule has 16 heteroatoms. The topological polar surface area (TPSA) is 127 Å². The van der Waals surface area contributed by atoms with Crippen molar-refractivity contribution in [2.75, 3.05) is 20.3 Å². The van der Waals surface area contributed by atoms with Crippen LogP contribution < -0.4 is 10.6 Å². The van der Waals surface area contributed by atoms with Crippen molar-refractivity contribution in [3.63, 3.8) is 0 Å². The van der Waals surface area contributed by atoms with Crippen LogP contribution in [0.1, 0.15) is 83.8 Å². The number of rotatable bonds is 9. The molecule has 3 fully saturated rings. The third-order valence-corrected chi connectivity index (χ3v) is 8.42. The van der Waals surface area contributed by atoms with Crippen molar-refractivity contribution >= 4 is 17.6 Å². The van der Waals surface area contributed by atoms with Crippen LogP contribution in [0, 0.1) is 5.92 Å². The molecule has 2 saturated carbocycles. The van der Waals surface area contributed by atoms with Gasteiger partial charge in [-0.3, -0.25) is 4.79 Å². The molecule has 0 spiro atoms. The number of amides is 3. The molecule has 3 aromatic heterocycles. The van der Waals surface area contributed by atoms with Gasteiger partial charge in [-0.1, -0.05) is 5.16 Å². The Morgan fingerprint density at radius 2 is 2.00 bits per heavy atom. The van der Waals surface area contributed by atoms with Gasteiger partial charge in [-0.15, -0.1) is 0 Å². The minimum atomic E-state index is -4.61. The Morgan fingerprint density at radius 1 is 1.26 bits per heavy atom. The highest BCUT2D eigenvalue weighted by Crippen LogP contribution is 2.43. The summed E-state index contributed by atoms with van der Waals surface area (Å²) in [6, 6.07) is -2.95. The second-order valence-corrected chi connectivity index (χ2v) is 11.5. The van der Waals surface area contributed by atoms with Gasteiger partial charge in [-0.25, -0.2) is 23.1 Å². The molecule has 2 N–H and O–H groups in total. The lowest BCUT2D eigenvalue weighted by Crippen LogP contribution is -2.40. The summed E-state index contributed by atoms with van der Waals surface area (Å²) in [5, 5.41) is 13.3. The Balaban J connectivity index is 1.29. The lowest BCUT2D eigenvalue weighted by Gasteiger charge is -2.33. The number of hydrogen-bond donors (Lipinski definition) is 2. The van der Waals surface area contributed by atoms with Gasteiger partial charge in [0.15, 0.2) is 5.65 Å². The highest BCUT2D eigenvalue weighted by Gasteiger charge is 2.48. The molecule has 43 heavy (non-hydrogen) atoms. The third kappa shape index (κ3) is 6.01. The molecule has 6 rings (SSSR count). The largest absolute Gasteiger partial charge is 0.410 e. The van der Waals surface area contributed by atoms with Crippen LogP contribution >= 0.6 is 0 Å². The van der Waals surface area contributed by atoms with Crippen molar-refractivity contribution in [2.24, 2.45) is 5.92 Å². The molecule has 11 nitrogen and oxygen atoms in total. The molecule has 0 bridgehead atoms. The predicted molar refractivity (Wildman–Crippen MR) is 138 cm³/mol. The number of nitrogens with one attached hydrogen (secondary N) is 2. The zero-order chi connectivity index (χ0) is 30.5. The summed E-state index contributed by atoms with van der Waals surface area (Å²) in [7, 11) is 1.37. The lowest BCUT2D eigenvalue weighted by atomic mass is 9.81. The normalized spacial score (nSPS) is 22.5. The van der Waals surface area contributed by atoms with Crippen LogP contribution in [0.3, 0.4) is 0 Å². The molecule has 232 valence electrons. The number of imidazole rings is 1. The van der Waals surface area contributed by atoms with Gasteiger partial charge >= 0.3 is 12.2 Å².